The minimum atomic E-state index is -1.45. The van der Waals surface area contributed by atoms with E-state index >= 15 is 0 Å². The molecular weight excluding hydrogens is 375 g/mol. The summed E-state index contributed by atoms with van der Waals surface area (Å²) in [6.07, 6.45) is -0.0308. The van der Waals surface area contributed by atoms with Crippen LogP contribution in [0, 0.1) is 5.82 Å². The van der Waals surface area contributed by atoms with Gasteiger partial charge in [-0.05, 0) is 55.7 Å². The van der Waals surface area contributed by atoms with Gasteiger partial charge in [0.1, 0.15) is 11.9 Å². The number of aromatic carboxylic acids is 1. The maximum Gasteiger partial charge on any atom is 0.336 e. The number of benzene rings is 2. The summed E-state index contributed by atoms with van der Waals surface area (Å²) in [5.74, 6) is -2.93. The lowest BCUT2D eigenvalue weighted by atomic mass is 9.87. The van der Waals surface area contributed by atoms with E-state index in [9.17, 15) is 24.2 Å². The summed E-state index contributed by atoms with van der Waals surface area (Å²) >= 11 is 5.83. The monoisotopic (exact) mass is 392 g/mol. The van der Waals surface area contributed by atoms with Crippen molar-refractivity contribution in [2.24, 2.45) is 0 Å². The number of carbonyl (C=O) groups excluding carboxylic acids is 1. The maximum absolute atomic E-state index is 14.7. The summed E-state index contributed by atoms with van der Waals surface area (Å²) in [5, 5.41) is 20.6. The summed E-state index contributed by atoms with van der Waals surface area (Å²) in [6.45, 7) is 0.419. The number of carboxylic acid groups (broad SMARTS) is 1. The third kappa shape index (κ3) is 4.03. The molecule has 0 saturated carbocycles. The van der Waals surface area contributed by atoms with Crippen molar-refractivity contribution in [1.82, 2.24) is 0 Å². The predicted molar refractivity (Wildman–Crippen MR) is 96.8 cm³/mol. The van der Waals surface area contributed by atoms with E-state index in [1.165, 1.54) is 24.3 Å². The third-order valence-electron chi connectivity index (χ3n) is 4.62. The largest absolute Gasteiger partial charge is 0.478 e. The van der Waals surface area contributed by atoms with E-state index in [2.05, 4.69) is 0 Å². The van der Waals surface area contributed by atoms with E-state index in [-0.39, 0.29) is 22.3 Å². The Morgan fingerprint density at radius 3 is 2.44 bits per heavy atom. The highest BCUT2D eigenvalue weighted by Crippen LogP contribution is 2.33. The molecule has 5 nitrogen and oxygen atoms in total. The molecule has 3 rings (SSSR count). The zero-order chi connectivity index (χ0) is 19.6. The molecule has 1 fully saturated rings. The number of halogens is 2. The molecule has 0 bridgehead atoms. The molecule has 2 atom stereocenters. The fourth-order valence-electron chi connectivity index (χ4n) is 3.25. The Hall–Kier alpha value is -2.28. The lowest BCUT2D eigenvalue weighted by Gasteiger charge is -2.29. The van der Waals surface area contributed by atoms with Crippen LogP contribution in [0.3, 0.4) is 0 Å². The number of ketones is 1. The van der Waals surface area contributed by atoms with Gasteiger partial charge in [0.15, 0.2) is 5.78 Å². The van der Waals surface area contributed by atoms with Crippen LogP contribution in [0.2, 0.25) is 5.02 Å². The first-order valence-corrected chi connectivity index (χ1v) is 8.93. The standard InChI is InChI=1S/C20H18ClFO5/c21-12-6-4-11(5-7-12)18(23)16-13(20(25)26)8-9-14(22)17(16)19(24)15-3-1-2-10-27-15/h4-9,15,19,24H,1-3,10H2,(H,25,26). The van der Waals surface area contributed by atoms with Crippen LogP contribution in [-0.4, -0.2) is 34.7 Å². The minimum Gasteiger partial charge on any atom is -0.478 e. The second kappa shape index (κ2) is 8.17. The average Bonchev–Trinajstić information content (AvgIpc) is 2.67. The molecule has 7 heteroatoms. The van der Waals surface area contributed by atoms with Crippen LogP contribution in [0.5, 0.6) is 0 Å². The Balaban J connectivity index is 2.14. The van der Waals surface area contributed by atoms with Crippen LogP contribution in [0.25, 0.3) is 0 Å². The SMILES string of the molecule is O=C(O)c1ccc(F)c(C(O)C2CCCCO2)c1C(=O)c1ccc(Cl)cc1. The predicted octanol–water partition coefficient (Wildman–Crippen LogP) is 4.01. The number of ether oxygens (including phenoxy) is 1. The van der Waals surface area contributed by atoms with Gasteiger partial charge in [0.25, 0.3) is 0 Å². The molecule has 2 N–H and O–H groups in total. The van der Waals surface area contributed by atoms with Gasteiger partial charge in [-0.15, -0.1) is 0 Å². The van der Waals surface area contributed by atoms with Crippen LogP contribution in [-0.2, 0) is 4.74 Å². The van der Waals surface area contributed by atoms with Crippen LogP contribution in [0.15, 0.2) is 36.4 Å². The van der Waals surface area contributed by atoms with Crippen LogP contribution in [0.1, 0.15) is 57.2 Å². The molecular formula is C20H18ClFO5. The highest BCUT2D eigenvalue weighted by atomic mass is 35.5. The molecule has 1 heterocycles. The van der Waals surface area contributed by atoms with Crippen molar-refractivity contribution in [3.8, 4) is 0 Å². The number of carboxylic acids is 1. The number of carbonyl (C=O) groups is 2. The van der Waals surface area contributed by atoms with Gasteiger partial charge in [0.2, 0.25) is 0 Å². The first-order valence-electron chi connectivity index (χ1n) is 8.55. The lowest BCUT2D eigenvalue weighted by molar-refractivity contribution is -0.0646. The normalized spacial score (nSPS) is 18.1. The fourth-order valence-corrected chi connectivity index (χ4v) is 3.38. The zero-order valence-electron chi connectivity index (χ0n) is 14.3. The smallest absolute Gasteiger partial charge is 0.336 e. The van der Waals surface area contributed by atoms with Crippen molar-refractivity contribution >= 4 is 23.4 Å². The van der Waals surface area contributed by atoms with Gasteiger partial charge in [-0.3, -0.25) is 4.79 Å². The summed E-state index contributed by atoms with van der Waals surface area (Å²) in [6, 6.07) is 7.79. The number of hydrogen-bond acceptors (Lipinski definition) is 4. The second-order valence-corrected chi connectivity index (χ2v) is 6.81. The highest BCUT2D eigenvalue weighted by Gasteiger charge is 2.33. The number of hydrogen-bond donors (Lipinski definition) is 2. The van der Waals surface area contributed by atoms with Crippen LogP contribution < -0.4 is 0 Å². The molecule has 27 heavy (non-hydrogen) atoms. The topological polar surface area (TPSA) is 83.8 Å². The van der Waals surface area contributed by atoms with Gasteiger partial charge < -0.3 is 14.9 Å². The van der Waals surface area contributed by atoms with Crippen molar-refractivity contribution in [2.45, 2.75) is 31.5 Å². The van der Waals surface area contributed by atoms with E-state index < -0.39 is 29.8 Å². The van der Waals surface area contributed by atoms with Crippen molar-refractivity contribution < 1.29 is 28.9 Å². The summed E-state index contributed by atoms with van der Waals surface area (Å²) in [4.78, 5) is 24.7. The Labute approximate surface area is 160 Å². The first kappa shape index (κ1) is 19.5. The molecule has 2 unspecified atom stereocenters. The lowest BCUT2D eigenvalue weighted by Crippen LogP contribution is -2.29. The first-order chi connectivity index (χ1) is 12.9. The van der Waals surface area contributed by atoms with Crippen molar-refractivity contribution in [1.29, 1.82) is 0 Å². The van der Waals surface area contributed by atoms with Gasteiger partial charge in [0, 0.05) is 28.3 Å². The van der Waals surface area contributed by atoms with Crippen LogP contribution >= 0.6 is 11.6 Å². The average molecular weight is 393 g/mol. The molecule has 1 aliphatic heterocycles. The van der Waals surface area contributed by atoms with E-state index in [4.69, 9.17) is 16.3 Å². The second-order valence-electron chi connectivity index (χ2n) is 6.37. The van der Waals surface area contributed by atoms with Gasteiger partial charge in [-0.1, -0.05) is 11.6 Å². The maximum atomic E-state index is 14.7. The van der Waals surface area contributed by atoms with Gasteiger partial charge in [-0.2, -0.15) is 0 Å². The van der Waals surface area contributed by atoms with Crippen LogP contribution in [0.4, 0.5) is 4.39 Å². The molecule has 0 radical (unpaired) electrons. The highest BCUT2D eigenvalue weighted by molar-refractivity contribution is 6.30. The molecule has 0 aromatic heterocycles. The van der Waals surface area contributed by atoms with E-state index in [1.807, 2.05) is 0 Å². The molecule has 142 valence electrons. The molecule has 1 aliphatic rings. The summed E-state index contributed by atoms with van der Waals surface area (Å²) in [7, 11) is 0. The Morgan fingerprint density at radius 2 is 1.85 bits per heavy atom. The van der Waals surface area contributed by atoms with Gasteiger partial charge >= 0.3 is 5.97 Å². The third-order valence-corrected chi connectivity index (χ3v) is 4.87. The Kier molecular flexibility index (Phi) is 5.89. The Bertz CT molecular complexity index is 859. The summed E-state index contributed by atoms with van der Waals surface area (Å²) in [5.41, 5.74) is -0.944. The van der Waals surface area contributed by atoms with E-state index in [1.54, 1.807) is 0 Å². The van der Waals surface area contributed by atoms with E-state index in [0.717, 1.165) is 25.0 Å². The molecule has 2 aromatic carbocycles. The molecule has 0 aliphatic carbocycles. The number of aliphatic hydroxyl groups excluding tert-OH is 1. The molecule has 1 saturated heterocycles. The van der Waals surface area contributed by atoms with Crippen molar-refractivity contribution in [3.05, 3.63) is 69.5 Å². The quantitative estimate of drug-likeness (QED) is 0.751. The summed E-state index contributed by atoms with van der Waals surface area (Å²) < 4.78 is 20.2. The van der Waals surface area contributed by atoms with E-state index in [0.29, 0.717) is 18.1 Å². The fraction of sp³-hybridized carbons (Fsp3) is 0.300. The van der Waals surface area contributed by atoms with Gasteiger partial charge in [0.05, 0.1) is 11.7 Å². The van der Waals surface area contributed by atoms with Crippen molar-refractivity contribution in [3.63, 3.8) is 0 Å². The van der Waals surface area contributed by atoms with Gasteiger partial charge in [-0.25, -0.2) is 9.18 Å². The van der Waals surface area contributed by atoms with Crippen molar-refractivity contribution in [2.75, 3.05) is 6.61 Å². The Morgan fingerprint density at radius 1 is 1.15 bits per heavy atom. The molecule has 0 amide bonds. The zero-order valence-corrected chi connectivity index (χ0v) is 15.1. The number of rotatable bonds is 5. The molecule has 0 spiro atoms. The molecule has 2 aromatic rings. The number of aliphatic hydroxyl groups is 1. The minimum absolute atomic E-state index is 0.144.